The van der Waals surface area contributed by atoms with Gasteiger partial charge in [0, 0.05) is 6.54 Å². The van der Waals surface area contributed by atoms with Gasteiger partial charge in [0.2, 0.25) is 0 Å². The monoisotopic (exact) mass is 465 g/mol. The minimum atomic E-state index is -0.559. The third kappa shape index (κ3) is 2.02. The molecule has 9 unspecified atom stereocenters. The zero-order chi connectivity index (χ0) is 16.8. The maximum atomic E-state index is 11.5. The Morgan fingerprint density at radius 1 is 1.08 bits per heavy atom. The van der Waals surface area contributed by atoms with Gasteiger partial charge in [0.25, 0.3) is 0 Å². The van der Waals surface area contributed by atoms with Gasteiger partial charge in [0.1, 0.15) is 0 Å². The van der Waals surface area contributed by atoms with Gasteiger partial charge in [-0.05, 0) is 72.2 Å². The molecular formula is C21H28IN3O. The first-order chi connectivity index (χ1) is 12.2. The molecule has 2 bridgehead atoms. The third-order valence-corrected chi connectivity index (χ3v) is 8.58. The maximum Gasteiger partial charge on any atom is 0.188 e. The van der Waals surface area contributed by atoms with Crippen LogP contribution >= 0.6 is 24.0 Å². The van der Waals surface area contributed by atoms with Gasteiger partial charge in [-0.25, -0.2) is 0 Å². The van der Waals surface area contributed by atoms with Crippen molar-refractivity contribution in [1.29, 1.82) is 0 Å². The number of hydrogen-bond acceptors (Lipinski definition) is 2. The molecule has 5 aliphatic carbocycles. The van der Waals surface area contributed by atoms with Crippen LogP contribution in [-0.2, 0) is 6.42 Å². The molecule has 0 radical (unpaired) electrons. The summed E-state index contributed by atoms with van der Waals surface area (Å²) < 4.78 is 0. The number of aliphatic hydroxyl groups is 1. The molecule has 4 nitrogen and oxygen atoms in total. The van der Waals surface area contributed by atoms with Gasteiger partial charge in [-0.15, -0.1) is 24.0 Å². The Balaban J connectivity index is 0.00000150. The topological polar surface area (TPSA) is 70.6 Å². The summed E-state index contributed by atoms with van der Waals surface area (Å²) in [4.78, 5) is 4.59. The van der Waals surface area contributed by atoms with Crippen LogP contribution in [0.5, 0.6) is 0 Å². The van der Waals surface area contributed by atoms with Gasteiger partial charge in [-0.3, -0.25) is 4.99 Å². The molecule has 0 aliphatic heterocycles. The lowest BCUT2D eigenvalue weighted by molar-refractivity contribution is -0.123. The van der Waals surface area contributed by atoms with Gasteiger partial charge < -0.3 is 16.2 Å². The van der Waals surface area contributed by atoms with Gasteiger partial charge in [-0.1, -0.05) is 30.3 Å². The Morgan fingerprint density at radius 2 is 1.81 bits per heavy atom. The Labute approximate surface area is 172 Å². The van der Waals surface area contributed by atoms with E-state index in [0.29, 0.717) is 24.3 Å². The van der Waals surface area contributed by atoms with Crippen LogP contribution in [0.4, 0.5) is 0 Å². The number of nitrogens with zero attached hydrogens (tertiary/aromatic N) is 1. The molecule has 0 heterocycles. The fourth-order valence-corrected chi connectivity index (χ4v) is 8.18. The maximum absolute atomic E-state index is 11.5. The number of rotatable bonds is 5. The molecule has 4 N–H and O–H groups in total. The zero-order valence-corrected chi connectivity index (χ0v) is 17.3. The van der Waals surface area contributed by atoms with Crippen LogP contribution in [0.3, 0.4) is 0 Å². The molecule has 0 saturated heterocycles. The molecular weight excluding hydrogens is 437 g/mol. The van der Waals surface area contributed by atoms with E-state index in [1.807, 2.05) is 6.07 Å². The number of nitrogens with two attached hydrogens (primary N) is 1. The molecule has 6 rings (SSSR count). The summed E-state index contributed by atoms with van der Waals surface area (Å²) in [5, 5.41) is 14.7. The summed E-state index contributed by atoms with van der Waals surface area (Å²) in [6, 6.07) is 10.4. The van der Waals surface area contributed by atoms with E-state index in [1.165, 1.54) is 18.4 Å². The molecule has 1 aromatic rings. The molecule has 5 saturated carbocycles. The van der Waals surface area contributed by atoms with Crippen molar-refractivity contribution in [2.24, 2.45) is 58.1 Å². The lowest BCUT2D eigenvalue weighted by Crippen LogP contribution is -2.56. The predicted molar refractivity (Wildman–Crippen MR) is 112 cm³/mol. The SMILES string of the molecule is I.NC(=NCC1(O)C2C3CC4C5C3CC2C5C41)NCCc1ccccc1. The number of guanidine groups is 1. The molecule has 5 aliphatic rings. The van der Waals surface area contributed by atoms with Crippen LogP contribution < -0.4 is 11.1 Å². The second kappa shape index (κ2) is 5.84. The van der Waals surface area contributed by atoms with Crippen LogP contribution in [0.1, 0.15) is 18.4 Å². The number of halogens is 1. The van der Waals surface area contributed by atoms with Crippen LogP contribution in [0.15, 0.2) is 35.3 Å². The third-order valence-electron chi connectivity index (χ3n) is 8.58. The van der Waals surface area contributed by atoms with Gasteiger partial charge in [0.15, 0.2) is 5.96 Å². The van der Waals surface area contributed by atoms with Gasteiger partial charge >= 0.3 is 0 Å². The van der Waals surface area contributed by atoms with Crippen molar-refractivity contribution in [2.75, 3.05) is 13.1 Å². The largest absolute Gasteiger partial charge is 0.387 e. The molecule has 5 heteroatoms. The minimum absolute atomic E-state index is 0. The lowest BCUT2D eigenvalue weighted by atomic mass is 9.56. The van der Waals surface area contributed by atoms with E-state index in [0.717, 1.165) is 48.5 Å². The first-order valence-corrected chi connectivity index (χ1v) is 9.98. The Kier molecular flexibility index (Phi) is 3.88. The van der Waals surface area contributed by atoms with E-state index >= 15 is 0 Å². The van der Waals surface area contributed by atoms with E-state index in [1.54, 1.807) is 0 Å². The summed E-state index contributed by atoms with van der Waals surface area (Å²) in [6.45, 7) is 1.29. The average Bonchev–Trinajstić information content (AvgIpc) is 3.13. The molecule has 1 aromatic carbocycles. The summed E-state index contributed by atoms with van der Waals surface area (Å²) in [5.74, 6) is 6.67. The van der Waals surface area contributed by atoms with Crippen LogP contribution in [0.2, 0.25) is 0 Å². The minimum Gasteiger partial charge on any atom is -0.387 e. The Morgan fingerprint density at radius 3 is 2.62 bits per heavy atom. The smallest absolute Gasteiger partial charge is 0.188 e. The summed E-state index contributed by atoms with van der Waals surface area (Å²) in [6.07, 6.45) is 3.73. The standard InChI is InChI=1S/C21H27N3O.HI/c22-20(23-7-6-11-4-2-1-3-5-11)24-10-21(25)18-13-9-14-16-12(13)8-15(18)17(16)19(14)21;/h1-5,12-19,25H,6-10H2,(H3,22,23,24);1H. The molecule has 0 amide bonds. The number of hydrogen-bond donors (Lipinski definition) is 3. The number of fused-ring (bicyclic) bond motifs is 2. The lowest BCUT2D eigenvalue weighted by Gasteiger charge is -2.51. The van der Waals surface area contributed by atoms with Crippen LogP contribution in [0.25, 0.3) is 0 Å². The van der Waals surface area contributed by atoms with Crippen LogP contribution in [-0.4, -0.2) is 29.8 Å². The molecule has 5 fully saturated rings. The molecule has 9 atom stereocenters. The summed E-state index contributed by atoms with van der Waals surface area (Å²) >= 11 is 0. The predicted octanol–water partition coefficient (Wildman–Crippen LogP) is 2.26. The van der Waals surface area contributed by atoms with Crippen molar-refractivity contribution in [1.82, 2.24) is 5.32 Å². The highest BCUT2D eigenvalue weighted by Gasteiger charge is 2.84. The van der Waals surface area contributed by atoms with E-state index in [2.05, 4.69) is 34.6 Å². The Hall–Kier alpha value is -0.820. The van der Waals surface area contributed by atoms with E-state index < -0.39 is 5.60 Å². The van der Waals surface area contributed by atoms with E-state index in [-0.39, 0.29) is 24.0 Å². The fraction of sp³-hybridized carbons (Fsp3) is 0.667. The zero-order valence-electron chi connectivity index (χ0n) is 14.9. The number of aliphatic imine (C=N–C) groups is 1. The highest BCUT2D eigenvalue weighted by atomic mass is 127. The van der Waals surface area contributed by atoms with Crippen molar-refractivity contribution in [3.63, 3.8) is 0 Å². The van der Waals surface area contributed by atoms with E-state index in [9.17, 15) is 5.11 Å². The van der Waals surface area contributed by atoms with Crippen molar-refractivity contribution in [2.45, 2.75) is 24.9 Å². The molecule has 0 aromatic heterocycles. The molecule has 26 heavy (non-hydrogen) atoms. The Bertz CT molecular complexity index is 734. The first kappa shape index (κ1) is 17.3. The van der Waals surface area contributed by atoms with Gasteiger partial charge in [-0.2, -0.15) is 0 Å². The summed E-state index contributed by atoms with van der Waals surface area (Å²) in [7, 11) is 0. The molecule has 0 spiro atoms. The number of nitrogens with one attached hydrogen (secondary N) is 1. The van der Waals surface area contributed by atoms with Crippen molar-refractivity contribution >= 4 is 29.9 Å². The van der Waals surface area contributed by atoms with Crippen molar-refractivity contribution in [3.8, 4) is 0 Å². The fourth-order valence-electron chi connectivity index (χ4n) is 8.18. The second-order valence-electron chi connectivity index (χ2n) is 9.19. The van der Waals surface area contributed by atoms with E-state index in [4.69, 9.17) is 5.73 Å². The quantitative estimate of drug-likeness (QED) is 0.355. The average molecular weight is 465 g/mol. The molecule has 140 valence electrons. The summed E-state index contributed by atoms with van der Waals surface area (Å²) in [5.41, 5.74) is 6.83. The number of benzene rings is 1. The second-order valence-corrected chi connectivity index (χ2v) is 9.19. The van der Waals surface area contributed by atoms with Crippen LogP contribution in [0, 0.1) is 47.3 Å². The van der Waals surface area contributed by atoms with Crippen molar-refractivity contribution < 1.29 is 5.11 Å². The van der Waals surface area contributed by atoms with Gasteiger partial charge in [0.05, 0.1) is 12.1 Å². The first-order valence-electron chi connectivity index (χ1n) is 9.98. The highest BCUT2D eigenvalue weighted by Crippen LogP contribution is 2.85. The van der Waals surface area contributed by atoms with Crippen molar-refractivity contribution in [3.05, 3.63) is 35.9 Å². The normalized spacial score (nSPS) is 48.6. The highest BCUT2D eigenvalue weighted by molar-refractivity contribution is 14.0.